The summed E-state index contributed by atoms with van der Waals surface area (Å²) in [7, 11) is 0. The lowest BCUT2D eigenvalue weighted by molar-refractivity contribution is 0.564. The van der Waals surface area contributed by atoms with Gasteiger partial charge >= 0.3 is 0 Å². The van der Waals surface area contributed by atoms with Gasteiger partial charge in [-0.3, -0.25) is 9.36 Å². The van der Waals surface area contributed by atoms with Crippen LogP contribution >= 0.6 is 23.1 Å². The largest absolute Gasteiger partial charge is 0.283 e. The highest BCUT2D eigenvalue weighted by atomic mass is 32.2. The third-order valence-electron chi connectivity index (χ3n) is 4.43. The van der Waals surface area contributed by atoms with Crippen LogP contribution in [-0.2, 0) is 18.8 Å². The number of hydrogen-bond acceptors (Lipinski definition) is 7. The van der Waals surface area contributed by atoms with Gasteiger partial charge in [-0.2, -0.15) is 0 Å². The van der Waals surface area contributed by atoms with Gasteiger partial charge in [0.2, 0.25) is 0 Å². The molecule has 0 saturated heterocycles. The van der Waals surface area contributed by atoms with Gasteiger partial charge in [0.15, 0.2) is 11.0 Å². The van der Waals surface area contributed by atoms with Crippen molar-refractivity contribution in [3.8, 4) is 11.1 Å². The molecule has 3 aromatic heterocycles. The van der Waals surface area contributed by atoms with Crippen molar-refractivity contribution in [2.75, 3.05) is 0 Å². The predicted molar refractivity (Wildman–Crippen MR) is 117 cm³/mol. The van der Waals surface area contributed by atoms with E-state index >= 15 is 0 Å². The van der Waals surface area contributed by atoms with Crippen LogP contribution in [-0.4, -0.2) is 29.8 Å². The maximum absolute atomic E-state index is 13.3. The summed E-state index contributed by atoms with van der Waals surface area (Å²) in [5, 5.41) is 15.2. The molecule has 0 bridgehead atoms. The number of hydrogen-bond donors (Lipinski definition) is 0. The molecule has 0 unspecified atom stereocenters. The fourth-order valence-corrected chi connectivity index (χ4v) is 5.01. The molecule has 0 saturated carbocycles. The van der Waals surface area contributed by atoms with E-state index in [9.17, 15) is 4.79 Å². The lowest BCUT2D eigenvalue weighted by Gasteiger charge is -2.10. The first-order valence-corrected chi connectivity index (χ1v) is 11.2. The highest BCUT2D eigenvalue weighted by molar-refractivity contribution is 7.98. The van der Waals surface area contributed by atoms with E-state index in [-0.39, 0.29) is 5.56 Å². The van der Waals surface area contributed by atoms with Crippen LogP contribution in [0.4, 0.5) is 0 Å². The number of rotatable bonds is 8. The molecule has 4 aromatic rings. The fourth-order valence-electron chi connectivity index (χ4n) is 3.08. The van der Waals surface area contributed by atoms with Crippen molar-refractivity contribution in [2.45, 2.75) is 37.3 Å². The van der Waals surface area contributed by atoms with E-state index in [2.05, 4.69) is 29.0 Å². The molecule has 0 N–H and O–H groups in total. The minimum Gasteiger partial charge on any atom is -0.283 e. The Morgan fingerprint density at radius 1 is 1.28 bits per heavy atom. The number of nitrogens with zero attached hydrogens (tertiary/aromatic N) is 6. The fraction of sp³-hybridized carbons (Fsp3) is 0.250. The molecular formula is C20H20N6OS2. The molecule has 0 spiro atoms. The number of thiophene rings is 1. The Bertz CT molecular complexity index is 1190. The van der Waals surface area contributed by atoms with E-state index in [4.69, 9.17) is 4.98 Å². The number of benzene rings is 1. The second-order valence-electron chi connectivity index (χ2n) is 6.40. The first-order chi connectivity index (χ1) is 14.2. The standard InChI is InChI=1S/C20H20N6OS2/c1-3-10-25-19(27)17-15(14-8-6-5-7-9-14)12-28-18(17)21-20(25)29-13-16-22-23-24-26(16)11-4-2/h3,5-9,12H,1,4,10-11,13H2,2H3. The highest BCUT2D eigenvalue weighted by Gasteiger charge is 2.18. The molecule has 7 nitrogen and oxygen atoms in total. The van der Waals surface area contributed by atoms with Crippen molar-refractivity contribution < 1.29 is 0 Å². The molecule has 0 aliphatic rings. The van der Waals surface area contributed by atoms with Crippen molar-refractivity contribution in [3.05, 3.63) is 64.5 Å². The first kappa shape index (κ1) is 19.5. The molecule has 0 fully saturated rings. The third kappa shape index (κ3) is 3.88. The van der Waals surface area contributed by atoms with E-state index < -0.39 is 0 Å². The average molecular weight is 425 g/mol. The number of aryl methyl sites for hydroxylation is 1. The quantitative estimate of drug-likeness (QED) is 0.242. The van der Waals surface area contributed by atoms with Gasteiger partial charge < -0.3 is 0 Å². The zero-order chi connectivity index (χ0) is 20.2. The zero-order valence-corrected chi connectivity index (χ0v) is 17.6. The number of fused-ring (bicyclic) bond motifs is 1. The van der Waals surface area contributed by atoms with Gasteiger partial charge in [-0.1, -0.05) is 55.1 Å². The summed E-state index contributed by atoms with van der Waals surface area (Å²) in [6.45, 7) is 7.05. The van der Waals surface area contributed by atoms with Crippen LogP contribution in [0, 0.1) is 0 Å². The van der Waals surface area contributed by atoms with E-state index in [0.717, 1.165) is 34.7 Å². The Morgan fingerprint density at radius 2 is 2.10 bits per heavy atom. The van der Waals surface area contributed by atoms with Crippen LogP contribution in [0.1, 0.15) is 19.2 Å². The van der Waals surface area contributed by atoms with Crippen LogP contribution in [0.3, 0.4) is 0 Å². The van der Waals surface area contributed by atoms with Gasteiger partial charge in [-0.25, -0.2) is 9.67 Å². The summed E-state index contributed by atoms with van der Waals surface area (Å²) in [4.78, 5) is 18.9. The van der Waals surface area contributed by atoms with E-state index in [1.165, 1.54) is 23.1 Å². The maximum Gasteiger partial charge on any atom is 0.263 e. The molecule has 0 aliphatic heterocycles. The molecule has 0 aliphatic carbocycles. The van der Waals surface area contributed by atoms with Gasteiger partial charge in [0, 0.05) is 24.0 Å². The van der Waals surface area contributed by atoms with Gasteiger partial charge in [0.1, 0.15) is 4.83 Å². The summed E-state index contributed by atoms with van der Waals surface area (Å²) < 4.78 is 3.47. The average Bonchev–Trinajstić information content (AvgIpc) is 3.37. The van der Waals surface area contributed by atoms with Crippen LogP contribution in [0.25, 0.3) is 21.3 Å². The molecule has 1 aromatic carbocycles. The summed E-state index contributed by atoms with van der Waals surface area (Å²) in [5.41, 5.74) is 1.89. The first-order valence-electron chi connectivity index (χ1n) is 9.29. The molecule has 0 atom stereocenters. The second kappa shape index (κ2) is 8.71. The Hall–Kier alpha value is -2.78. The van der Waals surface area contributed by atoms with Crippen LogP contribution in [0.15, 0.2) is 58.3 Å². The van der Waals surface area contributed by atoms with Crippen LogP contribution in [0.2, 0.25) is 0 Å². The number of allylic oxidation sites excluding steroid dienone is 1. The van der Waals surface area contributed by atoms with E-state index in [1.807, 2.05) is 35.7 Å². The lowest BCUT2D eigenvalue weighted by Crippen LogP contribution is -2.22. The van der Waals surface area contributed by atoms with Crippen molar-refractivity contribution in [1.82, 2.24) is 29.8 Å². The zero-order valence-electron chi connectivity index (χ0n) is 16.0. The highest BCUT2D eigenvalue weighted by Crippen LogP contribution is 2.32. The van der Waals surface area contributed by atoms with Gasteiger partial charge in [0.25, 0.3) is 5.56 Å². The van der Waals surface area contributed by atoms with Gasteiger partial charge in [0.05, 0.1) is 11.1 Å². The summed E-state index contributed by atoms with van der Waals surface area (Å²) in [5.74, 6) is 1.31. The normalized spacial score (nSPS) is 11.2. The van der Waals surface area contributed by atoms with Crippen LogP contribution in [0.5, 0.6) is 0 Å². The number of thioether (sulfide) groups is 1. The van der Waals surface area contributed by atoms with E-state index in [0.29, 0.717) is 22.8 Å². The predicted octanol–water partition coefficient (Wildman–Crippen LogP) is 4.00. The monoisotopic (exact) mass is 424 g/mol. The summed E-state index contributed by atoms with van der Waals surface area (Å²) in [6.07, 6.45) is 2.67. The van der Waals surface area contributed by atoms with Crippen molar-refractivity contribution in [3.63, 3.8) is 0 Å². The molecule has 0 radical (unpaired) electrons. The SMILES string of the molecule is C=CCn1c(SCc2nnnn2CCC)nc2scc(-c3ccccc3)c2c1=O. The smallest absolute Gasteiger partial charge is 0.263 e. The third-order valence-corrected chi connectivity index (χ3v) is 6.27. The second-order valence-corrected chi connectivity index (χ2v) is 8.20. The molecule has 4 rings (SSSR count). The van der Waals surface area contributed by atoms with Gasteiger partial charge in [-0.15, -0.1) is 23.0 Å². The number of tetrazole rings is 1. The molecule has 0 amide bonds. The van der Waals surface area contributed by atoms with Crippen molar-refractivity contribution in [2.24, 2.45) is 0 Å². The summed E-state index contributed by atoms with van der Waals surface area (Å²) >= 11 is 2.96. The minimum atomic E-state index is -0.0503. The molecule has 29 heavy (non-hydrogen) atoms. The maximum atomic E-state index is 13.3. The van der Waals surface area contributed by atoms with Gasteiger partial charge in [-0.05, 0) is 22.4 Å². The van der Waals surface area contributed by atoms with E-state index in [1.54, 1.807) is 15.3 Å². The topological polar surface area (TPSA) is 78.5 Å². The van der Waals surface area contributed by atoms with Crippen molar-refractivity contribution >= 4 is 33.3 Å². The van der Waals surface area contributed by atoms with Crippen LogP contribution < -0.4 is 5.56 Å². The molecule has 9 heteroatoms. The Labute approximate surface area is 176 Å². The Kier molecular flexibility index (Phi) is 5.86. The number of aromatic nitrogens is 6. The molecule has 148 valence electrons. The Balaban J connectivity index is 1.75. The molecular weight excluding hydrogens is 404 g/mol. The van der Waals surface area contributed by atoms with Crippen molar-refractivity contribution in [1.29, 1.82) is 0 Å². The lowest BCUT2D eigenvalue weighted by atomic mass is 10.1. The summed E-state index contributed by atoms with van der Waals surface area (Å²) in [6, 6.07) is 9.93. The minimum absolute atomic E-state index is 0.0503. The molecule has 3 heterocycles. The Morgan fingerprint density at radius 3 is 2.86 bits per heavy atom.